The standard InChI is InChI=1S/C20H22ClN3O2/c21-17-3-1-14(2-4-17)10-24-11-18-16(13-26-19(18)12-24)9-23-20(25)15-5-7-22-8-6-15/h1-8,16,18-19H,9-13H2,(H,23,25)/t16-,18+,19+/m1/s1. The summed E-state index contributed by atoms with van der Waals surface area (Å²) in [6.45, 7) is 4.23. The van der Waals surface area contributed by atoms with Crippen LogP contribution >= 0.6 is 11.6 Å². The Kier molecular flexibility index (Phi) is 5.20. The van der Waals surface area contributed by atoms with Crippen molar-refractivity contribution in [1.82, 2.24) is 15.2 Å². The van der Waals surface area contributed by atoms with E-state index < -0.39 is 0 Å². The number of hydrogen-bond acceptors (Lipinski definition) is 4. The molecule has 1 aromatic carbocycles. The van der Waals surface area contributed by atoms with E-state index in [2.05, 4.69) is 27.3 Å². The molecule has 6 heteroatoms. The lowest BCUT2D eigenvalue weighted by atomic mass is 9.93. The van der Waals surface area contributed by atoms with Crippen molar-refractivity contribution in [1.29, 1.82) is 0 Å². The Morgan fingerprint density at radius 3 is 2.73 bits per heavy atom. The second-order valence-corrected chi connectivity index (χ2v) is 7.50. The van der Waals surface area contributed by atoms with Crippen molar-refractivity contribution in [2.45, 2.75) is 12.6 Å². The van der Waals surface area contributed by atoms with Crippen LogP contribution in [0.2, 0.25) is 5.02 Å². The summed E-state index contributed by atoms with van der Waals surface area (Å²) in [5.74, 6) is 0.785. The van der Waals surface area contributed by atoms with Gasteiger partial charge in [-0.15, -0.1) is 0 Å². The largest absolute Gasteiger partial charge is 0.376 e. The molecule has 0 radical (unpaired) electrons. The summed E-state index contributed by atoms with van der Waals surface area (Å²) < 4.78 is 5.99. The first-order valence-corrected chi connectivity index (χ1v) is 9.33. The highest BCUT2D eigenvalue weighted by Gasteiger charge is 2.43. The van der Waals surface area contributed by atoms with Gasteiger partial charge in [-0.25, -0.2) is 0 Å². The van der Waals surface area contributed by atoms with Crippen LogP contribution in [0.4, 0.5) is 0 Å². The maximum absolute atomic E-state index is 12.2. The molecule has 3 heterocycles. The van der Waals surface area contributed by atoms with Crippen molar-refractivity contribution in [3.63, 3.8) is 0 Å². The first-order chi connectivity index (χ1) is 12.7. The fraction of sp³-hybridized carbons (Fsp3) is 0.400. The average Bonchev–Trinajstić information content (AvgIpc) is 3.23. The number of likely N-dealkylation sites (tertiary alicyclic amines) is 1. The Hall–Kier alpha value is -1.95. The molecule has 2 aromatic rings. The summed E-state index contributed by atoms with van der Waals surface area (Å²) in [5, 5.41) is 3.81. The van der Waals surface area contributed by atoms with Gasteiger partial charge in [0.1, 0.15) is 0 Å². The number of halogens is 1. The molecule has 0 saturated carbocycles. The summed E-state index contributed by atoms with van der Waals surface area (Å²) in [6, 6.07) is 11.5. The lowest BCUT2D eigenvalue weighted by Crippen LogP contribution is -2.34. The summed E-state index contributed by atoms with van der Waals surface area (Å²) >= 11 is 5.96. The predicted octanol–water partition coefficient (Wildman–Crippen LogP) is 2.61. The predicted molar refractivity (Wildman–Crippen MR) is 100 cm³/mol. The Balaban J connectivity index is 1.30. The second-order valence-electron chi connectivity index (χ2n) is 7.06. The third kappa shape index (κ3) is 3.90. The molecule has 2 saturated heterocycles. The maximum atomic E-state index is 12.2. The van der Waals surface area contributed by atoms with Crippen molar-refractivity contribution in [2.24, 2.45) is 11.8 Å². The van der Waals surface area contributed by atoms with Gasteiger partial charge in [0.2, 0.25) is 0 Å². The van der Waals surface area contributed by atoms with E-state index in [-0.39, 0.29) is 12.0 Å². The van der Waals surface area contributed by atoms with Crippen LogP contribution in [-0.2, 0) is 11.3 Å². The van der Waals surface area contributed by atoms with Crippen molar-refractivity contribution in [3.05, 3.63) is 64.9 Å². The van der Waals surface area contributed by atoms with Crippen LogP contribution in [0, 0.1) is 11.8 Å². The first kappa shape index (κ1) is 17.5. The topological polar surface area (TPSA) is 54.5 Å². The number of hydrogen-bond donors (Lipinski definition) is 1. The number of fused-ring (bicyclic) bond motifs is 1. The molecule has 0 unspecified atom stereocenters. The fourth-order valence-electron chi connectivity index (χ4n) is 3.90. The number of pyridine rings is 1. The number of rotatable bonds is 5. The van der Waals surface area contributed by atoms with Gasteiger partial charge in [0.25, 0.3) is 5.91 Å². The number of carbonyl (C=O) groups is 1. The van der Waals surface area contributed by atoms with E-state index in [9.17, 15) is 4.79 Å². The van der Waals surface area contributed by atoms with Gasteiger partial charge in [0.05, 0.1) is 12.7 Å². The number of amides is 1. The second kappa shape index (κ2) is 7.74. The fourth-order valence-corrected chi connectivity index (χ4v) is 4.02. The van der Waals surface area contributed by atoms with Gasteiger partial charge >= 0.3 is 0 Å². The monoisotopic (exact) mass is 371 g/mol. The molecule has 1 amide bonds. The summed E-state index contributed by atoms with van der Waals surface area (Å²) in [4.78, 5) is 18.6. The van der Waals surface area contributed by atoms with Gasteiger partial charge < -0.3 is 10.1 Å². The van der Waals surface area contributed by atoms with E-state index in [4.69, 9.17) is 16.3 Å². The van der Waals surface area contributed by atoms with Gasteiger partial charge in [0, 0.05) is 61.0 Å². The van der Waals surface area contributed by atoms with Crippen LogP contribution in [0.1, 0.15) is 15.9 Å². The SMILES string of the molecule is O=C(NC[C@@H]1CO[C@H]2CN(Cc3ccc(Cl)cc3)C[C@@H]12)c1ccncc1. The number of carbonyl (C=O) groups excluding carboxylic acids is 1. The minimum absolute atomic E-state index is 0.0492. The van der Waals surface area contributed by atoms with E-state index >= 15 is 0 Å². The molecule has 26 heavy (non-hydrogen) atoms. The molecule has 4 rings (SSSR count). The smallest absolute Gasteiger partial charge is 0.251 e. The van der Waals surface area contributed by atoms with Crippen molar-refractivity contribution >= 4 is 17.5 Å². The normalized spacial score (nSPS) is 25.2. The van der Waals surface area contributed by atoms with Gasteiger partial charge in [-0.2, -0.15) is 0 Å². The quantitative estimate of drug-likeness (QED) is 0.877. The zero-order chi connectivity index (χ0) is 17.9. The molecule has 0 spiro atoms. The lowest BCUT2D eigenvalue weighted by molar-refractivity contribution is 0.0903. The number of aromatic nitrogens is 1. The van der Waals surface area contributed by atoms with Gasteiger partial charge in [0.15, 0.2) is 0 Å². The lowest BCUT2D eigenvalue weighted by Gasteiger charge is -2.20. The molecular formula is C20H22ClN3O2. The molecular weight excluding hydrogens is 350 g/mol. The molecule has 2 aliphatic heterocycles. The van der Waals surface area contributed by atoms with Crippen LogP contribution in [0.15, 0.2) is 48.8 Å². The minimum Gasteiger partial charge on any atom is -0.376 e. The Morgan fingerprint density at radius 1 is 1.19 bits per heavy atom. The number of ether oxygens (including phenoxy) is 1. The average molecular weight is 372 g/mol. The number of nitrogens with one attached hydrogen (secondary N) is 1. The molecule has 1 aromatic heterocycles. The first-order valence-electron chi connectivity index (χ1n) is 8.95. The highest BCUT2D eigenvalue weighted by Crippen LogP contribution is 2.34. The van der Waals surface area contributed by atoms with E-state index in [0.29, 0.717) is 23.9 Å². The van der Waals surface area contributed by atoms with Crippen molar-refractivity contribution in [2.75, 3.05) is 26.2 Å². The van der Waals surface area contributed by atoms with Crippen LogP contribution in [-0.4, -0.2) is 48.1 Å². The molecule has 0 bridgehead atoms. The highest BCUT2D eigenvalue weighted by atomic mass is 35.5. The number of nitrogens with zero attached hydrogens (tertiary/aromatic N) is 2. The van der Waals surface area contributed by atoms with Crippen LogP contribution < -0.4 is 5.32 Å². The third-order valence-corrected chi connectivity index (χ3v) is 5.55. The minimum atomic E-state index is -0.0492. The van der Waals surface area contributed by atoms with Crippen LogP contribution in [0.3, 0.4) is 0 Å². The van der Waals surface area contributed by atoms with E-state index in [1.807, 2.05) is 12.1 Å². The van der Waals surface area contributed by atoms with E-state index in [1.54, 1.807) is 24.5 Å². The van der Waals surface area contributed by atoms with Crippen molar-refractivity contribution < 1.29 is 9.53 Å². The number of benzene rings is 1. The van der Waals surface area contributed by atoms with Gasteiger partial charge in [-0.1, -0.05) is 23.7 Å². The molecule has 2 aliphatic rings. The third-order valence-electron chi connectivity index (χ3n) is 5.30. The Labute approximate surface area is 158 Å². The zero-order valence-electron chi connectivity index (χ0n) is 14.5. The molecule has 1 N–H and O–H groups in total. The highest BCUT2D eigenvalue weighted by molar-refractivity contribution is 6.30. The summed E-state index contributed by atoms with van der Waals surface area (Å²) in [6.07, 6.45) is 3.54. The Morgan fingerprint density at radius 2 is 1.96 bits per heavy atom. The Bertz CT molecular complexity index is 753. The van der Waals surface area contributed by atoms with E-state index in [0.717, 1.165) is 31.3 Å². The molecule has 5 nitrogen and oxygen atoms in total. The summed E-state index contributed by atoms with van der Waals surface area (Å²) in [7, 11) is 0. The molecule has 3 atom stereocenters. The van der Waals surface area contributed by atoms with Crippen molar-refractivity contribution in [3.8, 4) is 0 Å². The van der Waals surface area contributed by atoms with E-state index in [1.165, 1.54) is 5.56 Å². The molecule has 2 fully saturated rings. The van der Waals surface area contributed by atoms with Gasteiger partial charge in [-0.3, -0.25) is 14.7 Å². The van der Waals surface area contributed by atoms with Gasteiger partial charge in [-0.05, 0) is 29.8 Å². The summed E-state index contributed by atoms with van der Waals surface area (Å²) in [5.41, 5.74) is 1.91. The maximum Gasteiger partial charge on any atom is 0.251 e. The van der Waals surface area contributed by atoms with Crippen LogP contribution in [0.25, 0.3) is 0 Å². The molecule has 0 aliphatic carbocycles. The van der Waals surface area contributed by atoms with Crippen LogP contribution in [0.5, 0.6) is 0 Å². The zero-order valence-corrected chi connectivity index (χ0v) is 15.2. The molecule has 136 valence electrons.